The summed E-state index contributed by atoms with van der Waals surface area (Å²) >= 11 is 0. The fourth-order valence-electron chi connectivity index (χ4n) is 1.49. The largest absolute Gasteiger partial charge is 0.478 e. The first-order valence-electron chi connectivity index (χ1n) is 5.58. The summed E-state index contributed by atoms with van der Waals surface area (Å²) in [5.74, 6) is -0.899. The van der Waals surface area contributed by atoms with Crippen LogP contribution in [0.25, 0.3) is 12.2 Å². The maximum Gasteiger partial charge on any atom is 0.335 e. The minimum absolute atomic E-state index is 0.307. The Bertz CT molecular complexity index is 569. The molecule has 0 amide bonds. The average molecular weight is 251 g/mol. The highest BCUT2D eigenvalue weighted by Gasteiger charge is 1.99. The van der Waals surface area contributed by atoms with Crippen LogP contribution in [0.2, 0.25) is 0 Å². The standard InChI is InChI=1S/C15H12O2.CHN/c16-15(17)14-10-8-13(9-11-14)7-6-12-4-2-1-3-5-12;1-2/h1-11H,(H,16,17);1H. The van der Waals surface area contributed by atoms with Crippen molar-refractivity contribution in [3.63, 3.8) is 0 Å². The molecule has 2 aromatic carbocycles. The van der Waals surface area contributed by atoms with E-state index in [1.165, 1.54) is 0 Å². The smallest absolute Gasteiger partial charge is 0.335 e. The van der Waals surface area contributed by atoms with Crippen molar-refractivity contribution in [3.8, 4) is 6.57 Å². The van der Waals surface area contributed by atoms with E-state index in [1.54, 1.807) is 24.3 Å². The minimum Gasteiger partial charge on any atom is -0.478 e. The Morgan fingerprint density at radius 2 is 1.37 bits per heavy atom. The molecule has 0 unspecified atom stereocenters. The summed E-state index contributed by atoms with van der Waals surface area (Å²) in [6.45, 7) is 3.50. The van der Waals surface area contributed by atoms with Gasteiger partial charge >= 0.3 is 5.97 Å². The Balaban J connectivity index is 0.000000861. The van der Waals surface area contributed by atoms with E-state index in [4.69, 9.17) is 10.4 Å². The SMILES string of the molecule is C#N.O=C(O)c1ccc(C=Cc2ccccc2)cc1. The summed E-state index contributed by atoms with van der Waals surface area (Å²) < 4.78 is 0. The molecule has 0 aliphatic rings. The Morgan fingerprint density at radius 3 is 1.84 bits per heavy atom. The molecule has 1 N–H and O–H groups in total. The number of nitrogens with zero attached hydrogens (tertiary/aromatic N) is 1. The molecule has 0 saturated carbocycles. The van der Waals surface area contributed by atoms with Crippen LogP contribution in [0.3, 0.4) is 0 Å². The van der Waals surface area contributed by atoms with E-state index in [9.17, 15) is 4.79 Å². The van der Waals surface area contributed by atoms with Crippen LogP contribution in [0, 0.1) is 11.8 Å². The number of rotatable bonds is 3. The van der Waals surface area contributed by atoms with Crippen LogP contribution in [0.15, 0.2) is 54.6 Å². The van der Waals surface area contributed by atoms with Crippen LogP contribution in [0.4, 0.5) is 0 Å². The Morgan fingerprint density at radius 1 is 0.895 bits per heavy atom. The second-order valence-corrected chi connectivity index (χ2v) is 3.67. The van der Waals surface area contributed by atoms with E-state index in [0.717, 1.165) is 11.1 Å². The van der Waals surface area contributed by atoms with Crippen molar-refractivity contribution < 1.29 is 9.90 Å². The van der Waals surface area contributed by atoms with Gasteiger partial charge in [0, 0.05) is 6.57 Å². The van der Waals surface area contributed by atoms with Gasteiger partial charge in [-0.05, 0) is 23.3 Å². The van der Waals surface area contributed by atoms with E-state index in [1.807, 2.05) is 42.5 Å². The van der Waals surface area contributed by atoms with E-state index >= 15 is 0 Å². The fourth-order valence-corrected chi connectivity index (χ4v) is 1.49. The fraction of sp³-hybridized carbons (Fsp3) is 0. The topological polar surface area (TPSA) is 61.1 Å². The molecule has 19 heavy (non-hydrogen) atoms. The van der Waals surface area contributed by atoms with Gasteiger partial charge in [0.25, 0.3) is 0 Å². The van der Waals surface area contributed by atoms with Gasteiger partial charge in [-0.2, -0.15) is 0 Å². The predicted molar refractivity (Wildman–Crippen MR) is 75.4 cm³/mol. The second-order valence-electron chi connectivity index (χ2n) is 3.67. The molecular weight excluding hydrogens is 238 g/mol. The Hall–Kier alpha value is -2.86. The number of nitriles is 1. The third-order valence-electron chi connectivity index (χ3n) is 2.43. The van der Waals surface area contributed by atoms with Gasteiger partial charge in [0.1, 0.15) is 0 Å². The van der Waals surface area contributed by atoms with Crippen LogP contribution < -0.4 is 0 Å². The normalized spacial score (nSPS) is 9.58. The zero-order valence-electron chi connectivity index (χ0n) is 10.2. The molecule has 0 bridgehead atoms. The van der Waals surface area contributed by atoms with Gasteiger partial charge in [-0.25, -0.2) is 10.1 Å². The van der Waals surface area contributed by atoms with Crippen molar-refractivity contribution in [1.82, 2.24) is 0 Å². The van der Waals surface area contributed by atoms with Gasteiger partial charge in [0.15, 0.2) is 0 Å². The highest BCUT2D eigenvalue weighted by Crippen LogP contribution is 2.09. The molecule has 0 aliphatic carbocycles. The number of benzene rings is 2. The quantitative estimate of drug-likeness (QED) is 0.846. The molecule has 0 heterocycles. The van der Waals surface area contributed by atoms with Gasteiger partial charge in [-0.3, -0.25) is 0 Å². The predicted octanol–water partition coefficient (Wildman–Crippen LogP) is 3.69. The summed E-state index contributed by atoms with van der Waals surface area (Å²) in [6.07, 6.45) is 3.96. The molecule has 3 nitrogen and oxygen atoms in total. The molecule has 0 saturated heterocycles. The van der Waals surface area contributed by atoms with Gasteiger partial charge in [-0.1, -0.05) is 54.6 Å². The zero-order valence-corrected chi connectivity index (χ0v) is 10.2. The summed E-state index contributed by atoms with van der Waals surface area (Å²) in [7, 11) is 0. The van der Waals surface area contributed by atoms with Crippen LogP contribution in [0.1, 0.15) is 21.5 Å². The van der Waals surface area contributed by atoms with Gasteiger partial charge in [0.2, 0.25) is 0 Å². The minimum atomic E-state index is -0.899. The molecule has 0 spiro atoms. The lowest BCUT2D eigenvalue weighted by Crippen LogP contribution is -1.94. The lowest BCUT2D eigenvalue weighted by atomic mass is 10.1. The highest BCUT2D eigenvalue weighted by molar-refractivity contribution is 5.88. The van der Waals surface area contributed by atoms with Gasteiger partial charge in [0.05, 0.1) is 5.56 Å². The molecule has 0 radical (unpaired) electrons. The van der Waals surface area contributed by atoms with Crippen molar-refractivity contribution in [2.45, 2.75) is 0 Å². The molecule has 2 rings (SSSR count). The van der Waals surface area contributed by atoms with Crippen LogP contribution in [-0.4, -0.2) is 11.1 Å². The third kappa shape index (κ3) is 4.49. The first-order chi connectivity index (χ1) is 9.25. The average Bonchev–Trinajstić information content (AvgIpc) is 2.49. The summed E-state index contributed by atoms with van der Waals surface area (Å²) in [4.78, 5) is 10.7. The molecule has 2 aromatic rings. The number of carbonyl (C=O) groups is 1. The molecule has 0 aliphatic heterocycles. The number of hydrogen-bond donors (Lipinski definition) is 1. The molecule has 0 fully saturated rings. The highest BCUT2D eigenvalue weighted by atomic mass is 16.4. The Labute approximate surface area is 112 Å². The monoisotopic (exact) mass is 251 g/mol. The molecule has 94 valence electrons. The van der Waals surface area contributed by atoms with Gasteiger partial charge in [-0.15, -0.1) is 0 Å². The first kappa shape index (κ1) is 14.2. The molecule has 0 atom stereocenters. The van der Waals surface area contributed by atoms with E-state index in [2.05, 4.69) is 6.57 Å². The Kier molecular flexibility index (Phi) is 5.58. The third-order valence-corrected chi connectivity index (χ3v) is 2.43. The van der Waals surface area contributed by atoms with E-state index in [0.29, 0.717) is 5.56 Å². The number of carboxylic acids is 1. The van der Waals surface area contributed by atoms with Crippen LogP contribution in [0.5, 0.6) is 0 Å². The molecule has 0 aromatic heterocycles. The summed E-state index contributed by atoms with van der Waals surface area (Å²) in [5, 5.41) is 15.3. The molecule has 3 heteroatoms. The van der Waals surface area contributed by atoms with E-state index in [-0.39, 0.29) is 0 Å². The van der Waals surface area contributed by atoms with Gasteiger partial charge < -0.3 is 5.11 Å². The number of hydrogen-bond acceptors (Lipinski definition) is 2. The summed E-state index contributed by atoms with van der Waals surface area (Å²) in [5.41, 5.74) is 2.41. The second kappa shape index (κ2) is 7.46. The number of carboxylic acid groups (broad SMARTS) is 1. The van der Waals surface area contributed by atoms with Crippen molar-refractivity contribution >= 4 is 18.1 Å². The zero-order chi connectivity index (χ0) is 14.1. The maximum atomic E-state index is 10.7. The van der Waals surface area contributed by atoms with Crippen molar-refractivity contribution in [2.75, 3.05) is 0 Å². The molecular formula is C16H13NO2. The van der Waals surface area contributed by atoms with Crippen molar-refractivity contribution in [2.24, 2.45) is 0 Å². The maximum absolute atomic E-state index is 10.7. The van der Waals surface area contributed by atoms with Crippen molar-refractivity contribution in [1.29, 1.82) is 5.26 Å². The first-order valence-corrected chi connectivity index (χ1v) is 5.58. The van der Waals surface area contributed by atoms with Crippen molar-refractivity contribution in [3.05, 3.63) is 71.3 Å². The van der Waals surface area contributed by atoms with Crippen LogP contribution in [-0.2, 0) is 0 Å². The van der Waals surface area contributed by atoms with Crippen LogP contribution >= 0.6 is 0 Å². The lowest BCUT2D eigenvalue weighted by Gasteiger charge is -1.96. The lowest BCUT2D eigenvalue weighted by molar-refractivity contribution is 0.0697. The van der Waals surface area contributed by atoms with E-state index < -0.39 is 5.97 Å². The summed E-state index contributed by atoms with van der Waals surface area (Å²) in [6, 6.07) is 16.8. The number of aromatic carboxylic acids is 1.